The molecule has 2 aromatic rings. The van der Waals surface area contributed by atoms with Crippen LogP contribution in [0.4, 0.5) is 0 Å². The van der Waals surface area contributed by atoms with Gasteiger partial charge in [-0.15, -0.1) is 0 Å². The molecule has 1 unspecified atom stereocenters. The second-order valence-electron chi connectivity index (χ2n) is 6.30. The first-order valence-corrected chi connectivity index (χ1v) is 8.47. The fraction of sp³-hybridized carbons (Fsp3) is 0.300. The maximum Gasteiger partial charge on any atom is 0.330 e. The Kier molecular flexibility index (Phi) is 5.41. The molecule has 1 saturated carbocycles. The lowest BCUT2D eigenvalue weighted by molar-refractivity contribution is -0.139. The molecule has 2 aromatic carbocycles. The van der Waals surface area contributed by atoms with Gasteiger partial charge in [0.1, 0.15) is 11.5 Å². The van der Waals surface area contributed by atoms with E-state index in [-0.39, 0.29) is 0 Å². The molecule has 0 bridgehead atoms. The van der Waals surface area contributed by atoms with E-state index in [9.17, 15) is 14.7 Å². The largest absolute Gasteiger partial charge is 0.497 e. The van der Waals surface area contributed by atoms with Gasteiger partial charge in [0.15, 0.2) is 6.04 Å². The summed E-state index contributed by atoms with van der Waals surface area (Å²) in [7, 11) is 1.53. The van der Waals surface area contributed by atoms with Crippen LogP contribution < -0.4 is 14.8 Å². The van der Waals surface area contributed by atoms with Crippen LogP contribution in [0.5, 0.6) is 11.5 Å². The summed E-state index contributed by atoms with van der Waals surface area (Å²) in [6.07, 6.45) is 2.42. The van der Waals surface area contributed by atoms with E-state index < -0.39 is 17.9 Å². The van der Waals surface area contributed by atoms with Gasteiger partial charge >= 0.3 is 5.97 Å². The van der Waals surface area contributed by atoms with E-state index in [0.717, 1.165) is 0 Å². The molecule has 1 aliphatic carbocycles. The zero-order chi connectivity index (χ0) is 18.5. The number of carboxylic acid groups (broad SMARTS) is 1. The predicted molar refractivity (Wildman–Crippen MR) is 95.5 cm³/mol. The van der Waals surface area contributed by atoms with Crippen molar-refractivity contribution in [2.75, 3.05) is 13.7 Å². The molecule has 26 heavy (non-hydrogen) atoms. The molecule has 2 N–H and O–H groups in total. The number of carboxylic acids is 1. The molecular weight excluding hydrogens is 334 g/mol. The van der Waals surface area contributed by atoms with E-state index >= 15 is 0 Å². The standard InChI is InChI=1S/C20H21NO5/c1-25-16-8-4-14(5-9-16)18(20(23)24)21-19(22)15-6-10-17(11-7-15)26-12-13-2-3-13/h4-11,13,18H,2-3,12H2,1H3,(H,21,22)(H,23,24). The van der Waals surface area contributed by atoms with E-state index in [2.05, 4.69) is 5.32 Å². The number of aliphatic carboxylic acids is 1. The first-order chi connectivity index (χ1) is 12.6. The van der Waals surface area contributed by atoms with Gasteiger partial charge in [0.25, 0.3) is 5.91 Å². The number of amides is 1. The van der Waals surface area contributed by atoms with E-state index in [4.69, 9.17) is 9.47 Å². The van der Waals surface area contributed by atoms with Gasteiger partial charge in [0, 0.05) is 5.56 Å². The van der Waals surface area contributed by atoms with Crippen molar-refractivity contribution in [3.8, 4) is 11.5 Å². The quantitative estimate of drug-likeness (QED) is 0.760. The minimum atomic E-state index is -1.14. The van der Waals surface area contributed by atoms with E-state index in [1.807, 2.05) is 0 Å². The minimum Gasteiger partial charge on any atom is -0.497 e. The SMILES string of the molecule is COc1ccc(C(NC(=O)c2ccc(OCC3CC3)cc2)C(=O)O)cc1. The van der Waals surface area contributed by atoms with Crippen molar-refractivity contribution in [1.29, 1.82) is 0 Å². The van der Waals surface area contributed by atoms with Crippen LogP contribution in [0, 0.1) is 5.92 Å². The first kappa shape index (κ1) is 17.8. The number of hydrogen-bond donors (Lipinski definition) is 2. The van der Waals surface area contributed by atoms with Crippen molar-refractivity contribution in [3.63, 3.8) is 0 Å². The molecule has 3 rings (SSSR count). The van der Waals surface area contributed by atoms with Crippen LogP contribution in [0.25, 0.3) is 0 Å². The smallest absolute Gasteiger partial charge is 0.330 e. The lowest BCUT2D eigenvalue weighted by Gasteiger charge is -2.15. The lowest BCUT2D eigenvalue weighted by Crippen LogP contribution is -2.33. The molecule has 0 aromatic heterocycles. The number of carbonyl (C=O) groups excluding carboxylic acids is 1. The van der Waals surface area contributed by atoms with Gasteiger partial charge in [-0.05, 0) is 60.7 Å². The number of nitrogens with one attached hydrogen (secondary N) is 1. The molecule has 1 aliphatic rings. The van der Waals surface area contributed by atoms with Gasteiger partial charge in [-0.1, -0.05) is 12.1 Å². The van der Waals surface area contributed by atoms with Crippen LogP contribution in [-0.4, -0.2) is 30.7 Å². The van der Waals surface area contributed by atoms with Gasteiger partial charge in [-0.25, -0.2) is 4.79 Å². The summed E-state index contributed by atoms with van der Waals surface area (Å²) in [5.74, 6) is 0.387. The average Bonchev–Trinajstić information content (AvgIpc) is 3.49. The summed E-state index contributed by atoms with van der Waals surface area (Å²) >= 11 is 0. The van der Waals surface area contributed by atoms with Crippen molar-refractivity contribution in [2.24, 2.45) is 5.92 Å². The molecule has 6 nitrogen and oxygen atoms in total. The number of rotatable bonds is 8. The molecule has 1 amide bonds. The van der Waals surface area contributed by atoms with Crippen molar-refractivity contribution >= 4 is 11.9 Å². The maximum absolute atomic E-state index is 12.4. The fourth-order valence-electron chi connectivity index (χ4n) is 2.50. The Balaban J connectivity index is 1.65. The lowest BCUT2D eigenvalue weighted by atomic mass is 10.1. The van der Waals surface area contributed by atoms with Gasteiger partial charge in [-0.3, -0.25) is 4.79 Å². The third kappa shape index (κ3) is 4.53. The number of benzene rings is 2. The number of hydrogen-bond acceptors (Lipinski definition) is 4. The molecule has 6 heteroatoms. The summed E-state index contributed by atoms with van der Waals surface area (Å²) in [6.45, 7) is 0.699. The van der Waals surface area contributed by atoms with Crippen LogP contribution in [0.1, 0.15) is 34.8 Å². The van der Waals surface area contributed by atoms with E-state index in [0.29, 0.717) is 35.2 Å². The van der Waals surface area contributed by atoms with Crippen molar-refractivity contribution < 1.29 is 24.2 Å². The Morgan fingerprint density at radius 2 is 1.69 bits per heavy atom. The average molecular weight is 355 g/mol. The van der Waals surface area contributed by atoms with E-state index in [1.165, 1.54) is 20.0 Å². The van der Waals surface area contributed by atoms with Gasteiger partial charge in [-0.2, -0.15) is 0 Å². The Bertz CT molecular complexity index is 766. The Hall–Kier alpha value is -3.02. The number of ether oxygens (including phenoxy) is 2. The number of methoxy groups -OCH3 is 1. The molecule has 0 aliphatic heterocycles. The molecule has 0 spiro atoms. The summed E-state index contributed by atoms with van der Waals surface area (Å²) in [5.41, 5.74) is 0.847. The number of carbonyl (C=O) groups is 2. The fourth-order valence-corrected chi connectivity index (χ4v) is 2.50. The zero-order valence-electron chi connectivity index (χ0n) is 14.5. The third-order valence-electron chi connectivity index (χ3n) is 4.27. The molecule has 1 fully saturated rings. The summed E-state index contributed by atoms with van der Waals surface area (Å²) in [6, 6.07) is 12.1. The molecule has 1 atom stereocenters. The van der Waals surface area contributed by atoms with Gasteiger partial charge in [0.05, 0.1) is 13.7 Å². The van der Waals surface area contributed by atoms with Crippen LogP contribution in [0.15, 0.2) is 48.5 Å². The highest BCUT2D eigenvalue weighted by atomic mass is 16.5. The first-order valence-electron chi connectivity index (χ1n) is 8.47. The van der Waals surface area contributed by atoms with Crippen LogP contribution >= 0.6 is 0 Å². The molecular formula is C20H21NO5. The normalized spacial score (nSPS) is 14.3. The highest BCUT2D eigenvalue weighted by Gasteiger charge is 2.23. The minimum absolute atomic E-state index is 0.378. The highest BCUT2D eigenvalue weighted by molar-refractivity contribution is 5.96. The Morgan fingerprint density at radius 3 is 2.23 bits per heavy atom. The van der Waals surface area contributed by atoms with Crippen LogP contribution in [0.3, 0.4) is 0 Å². The summed E-state index contributed by atoms with van der Waals surface area (Å²) in [5, 5.41) is 12.0. The third-order valence-corrected chi connectivity index (χ3v) is 4.27. The summed E-state index contributed by atoms with van der Waals surface area (Å²) < 4.78 is 10.7. The molecule has 136 valence electrons. The van der Waals surface area contributed by atoms with Gasteiger partial charge in [0.2, 0.25) is 0 Å². The predicted octanol–water partition coefficient (Wildman–Crippen LogP) is 3.04. The maximum atomic E-state index is 12.4. The molecule has 0 radical (unpaired) electrons. The molecule has 0 heterocycles. The monoisotopic (exact) mass is 355 g/mol. The highest BCUT2D eigenvalue weighted by Crippen LogP contribution is 2.29. The Morgan fingerprint density at radius 1 is 1.08 bits per heavy atom. The van der Waals surface area contributed by atoms with Crippen LogP contribution in [0.2, 0.25) is 0 Å². The second kappa shape index (κ2) is 7.91. The second-order valence-corrected chi connectivity index (χ2v) is 6.30. The van der Waals surface area contributed by atoms with Crippen molar-refractivity contribution in [2.45, 2.75) is 18.9 Å². The van der Waals surface area contributed by atoms with E-state index in [1.54, 1.807) is 48.5 Å². The van der Waals surface area contributed by atoms with Crippen LogP contribution in [-0.2, 0) is 4.79 Å². The topological polar surface area (TPSA) is 84.9 Å². The van der Waals surface area contributed by atoms with Crippen molar-refractivity contribution in [1.82, 2.24) is 5.32 Å². The van der Waals surface area contributed by atoms with Crippen molar-refractivity contribution in [3.05, 3.63) is 59.7 Å². The Labute approximate surface area is 151 Å². The zero-order valence-corrected chi connectivity index (χ0v) is 14.5. The van der Waals surface area contributed by atoms with Gasteiger partial charge < -0.3 is 19.9 Å². The molecule has 0 saturated heterocycles. The summed E-state index contributed by atoms with van der Waals surface area (Å²) in [4.78, 5) is 24.0.